The number of nitrogens with zero attached hydrogens (tertiary/aromatic N) is 1. The fraction of sp³-hybridized carbons (Fsp3) is 0.316. The van der Waals surface area contributed by atoms with Gasteiger partial charge in [0.1, 0.15) is 11.9 Å². The van der Waals surface area contributed by atoms with Gasteiger partial charge in [0.25, 0.3) is 5.91 Å². The zero-order chi connectivity index (χ0) is 20.1. The van der Waals surface area contributed by atoms with Gasteiger partial charge in [0.2, 0.25) is 0 Å². The minimum absolute atomic E-state index is 0.00623. The lowest BCUT2D eigenvalue weighted by Crippen LogP contribution is -2.33. The van der Waals surface area contributed by atoms with Gasteiger partial charge in [-0.25, -0.2) is 4.39 Å². The number of ether oxygens (including phenoxy) is 2. The van der Waals surface area contributed by atoms with Crippen molar-refractivity contribution < 1.29 is 36.9 Å². The zero-order valence-electron chi connectivity index (χ0n) is 14.3. The maximum atomic E-state index is 14.1. The van der Waals surface area contributed by atoms with E-state index in [0.717, 1.165) is 6.07 Å². The van der Waals surface area contributed by atoms with Crippen LogP contribution in [0.3, 0.4) is 0 Å². The number of likely N-dealkylation sites (tertiary alicyclic amines) is 1. The van der Waals surface area contributed by atoms with Crippen molar-refractivity contribution >= 4 is 5.91 Å². The third-order valence-corrected chi connectivity index (χ3v) is 4.95. The summed E-state index contributed by atoms with van der Waals surface area (Å²) in [4.78, 5) is 14.4. The fourth-order valence-corrected chi connectivity index (χ4v) is 3.81. The Morgan fingerprint density at radius 2 is 1.96 bits per heavy atom. The second kappa shape index (κ2) is 6.66. The third kappa shape index (κ3) is 3.05. The molecule has 1 saturated heterocycles. The molecule has 2 aliphatic heterocycles. The number of para-hydroxylation sites is 2. The summed E-state index contributed by atoms with van der Waals surface area (Å²) in [6, 6.07) is 8.60. The molecule has 2 aliphatic rings. The third-order valence-electron chi connectivity index (χ3n) is 4.95. The number of aliphatic hydroxyl groups is 1. The summed E-state index contributed by atoms with van der Waals surface area (Å²) in [6.07, 6.45) is -5.64. The van der Waals surface area contributed by atoms with Gasteiger partial charge < -0.3 is 19.5 Å². The highest BCUT2D eigenvalue weighted by Crippen LogP contribution is 2.49. The Balaban J connectivity index is 1.72. The number of aliphatic hydroxyl groups excluding tert-OH is 1. The SMILES string of the molecule is O=C(c1ccccc1OC(F)(F)F)N1C[C@@H](CO)[C@@H]2Oc3c(F)cccc3[C@@H]21. The van der Waals surface area contributed by atoms with E-state index in [1.54, 1.807) is 6.07 Å². The molecule has 0 aliphatic carbocycles. The first-order valence-electron chi connectivity index (χ1n) is 8.52. The predicted molar refractivity (Wildman–Crippen MR) is 88.3 cm³/mol. The Morgan fingerprint density at radius 3 is 2.68 bits per heavy atom. The Bertz CT molecular complexity index is 917. The first kappa shape index (κ1) is 18.5. The highest BCUT2D eigenvalue weighted by molar-refractivity contribution is 5.97. The van der Waals surface area contributed by atoms with E-state index in [4.69, 9.17) is 4.74 Å². The Hall–Kier alpha value is -2.81. The van der Waals surface area contributed by atoms with Crippen LogP contribution >= 0.6 is 0 Å². The molecule has 9 heteroatoms. The van der Waals surface area contributed by atoms with Gasteiger partial charge in [0, 0.05) is 18.0 Å². The zero-order valence-corrected chi connectivity index (χ0v) is 14.3. The van der Waals surface area contributed by atoms with E-state index < -0.39 is 41.9 Å². The summed E-state index contributed by atoms with van der Waals surface area (Å²) < 4.78 is 61.8. The van der Waals surface area contributed by atoms with Gasteiger partial charge in [-0.2, -0.15) is 0 Å². The first-order chi connectivity index (χ1) is 13.3. The normalized spacial score (nSPS) is 23.2. The molecular weight excluding hydrogens is 382 g/mol. The molecule has 28 heavy (non-hydrogen) atoms. The topological polar surface area (TPSA) is 59.0 Å². The number of benzene rings is 2. The molecule has 0 radical (unpaired) electrons. The van der Waals surface area contributed by atoms with Crippen LogP contribution < -0.4 is 9.47 Å². The van der Waals surface area contributed by atoms with Gasteiger partial charge in [-0.05, 0) is 18.2 Å². The lowest BCUT2D eigenvalue weighted by molar-refractivity contribution is -0.274. The van der Waals surface area contributed by atoms with Crippen LogP contribution in [0.25, 0.3) is 0 Å². The summed E-state index contributed by atoms with van der Waals surface area (Å²) in [6.45, 7) is -0.262. The molecule has 148 valence electrons. The molecule has 3 atom stereocenters. The molecule has 0 saturated carbocycles. The molecular formula is C19H15F4NO4. The number of fused-ring (bicyclic) bond motifs is 3. The summed E-state index contributed by atoms with van der Waals surface area (Å²) in [5.74, 6) is -2.45. The predicted octanol–water partition coefficient (Wildman–Crippen LogP) is 3.29. The highest BCUT2D eigenvalue weighted by atomic mass is 19.4. The number of hydrogen-bond donors (Lipinski definition) is 1. The average molecular weight is 397 g/mol. The van der Waals surface area contributed by atoms with Gasteiger partial charge in [-0.3, -0.25) is 4.79 Å². The highest BCUT2D eigenvalue weighted by Gasteiger charge is 2.52. The number of amides is 1. The number of carbonyl (C=O) groups excluding carboxylic acids is 1. The van der Waals surface area contributed by atoms with Crippen molar-refractivity contribution in [2.45, 2.75) is 18.5 Å². The lowest BCUT2D eigenvalue weighted by Gasteiger charge is -2.24. The molecule has 2 heterocycles. The number of halogens is 4. The summed E-state index contributed by atoms with van der Waals surface area (Å²) >= 11 is 0. The van der Waals surface area contributed by atoms with Crippen LogP contribution in [-0.4, -0.2) is 41.5 Å². The first-order valence-corrected chi connectivity index (χ1v) is 8.52. The average Bonchev–Trinajstić information content (AvgIpc) is 3.18. The molecule has 2 aromatic carbocycles. The minimum atomic E-state index is -4.95. The van der Waals surface area contributed by atoms with Crippen molar-refractivity contribution in [3.8, 4) is 11.5 Å². The van der Waals surface area contributed by atoms with Crippen LogP contribution in [-0.2, 0) is 0 Å². The van der Waals surface area contributed by atoms with Crippen molar-refractivity contribution in [2.24, 2.45) is 5.92 Å². The molecule has 0 bridgehead atoms. The summed E-state index contributed by atoms with van der Waals surface area (Å²) in [7, 11) is 0. The van der Waals surface area contributed by atoms with Gasteiger partial charge in [0.05, 0.1) is 18.2 Å². The molecule has 1 fully saturated rings. The van der Waals surface area contributed by atoms with Crippen LogP contribution in [0.2, 0.25) is 0 Å². The molecule has 5 nitrogen and oxygen atoms in total. The standard InChI is InChI=1S/C19H15F4NO4/c20-13-6-3-5-12-15-16(27-17(12)13)10(9-25)8-24(15)18(26)11-4-1-2-7-14(11)28-19(21,22)23/h1-7,10,15-16,25H,8-9H2/t10-,15-,16-/m0/s1. The Labute approximate surface area is 157 Å². The van der Waals surface area contributed by atoms with E-state index in [1.807, 2.05) is 0 Å². The van der Waals surface area contributed by atoms with Gasteiger partial charge in [-0.1, -0.05) is 24.3 Å². The van der Waals surface area contributed by atoms with Crippen molar-refractivity contribution in [1.29, 1.82) is 0 Å². The molecule has 0 unspecified atom stereocenters. The number of hydrogen-bond acceptors (Lipinski definition) is 4. The van der Waals surface area contributed by atoms with Gasteiger partial charge in [-0.15, -0.1) is 13.2 Å². The fourth-order valence-electron chi connectivity index (χ4n) is 3.81. The number of alkyl halides is 3. The van der Waals surface area contributed by atoms with Crippen molar-refractivity contribution in [2.75, 3.05) is 13.2 Å². The molecule has 2 aromatic rings. The molecule has 4 rings (SSSR count). The van der Waals surface area contributed by atoms with Crippen LogP contribution in [0, 0.1) is 11.7 Å². The largest absolute Gasteiger partial charge is 0.573 e. The van der Waals surface area contributed by atoms with E-state index in [2.05, 4.69) is 4.74 Å². The van der Waals surface area contributed by atoms with E-state index >= 15 is 0 Å². The summed E-state index contributed by atoms with van der Waals surface area (Å²) in [5.41, 5.74) is 0.144. The van der Waals surface area contributed by atoms with Crippen molar-refractivity contribution in [1.82, 2.24) is 4.90 Å². The Morgan fingerprint density at radius 1 is 1.21 bits per heavy atom. The monoisotopic (exact) mass is 397 g/mol. The second-order valence-corrected chi connectivity index (χ2v) is 6.63. The van der Waals surface area contributed by atoms with E-state index in [1.165, 1.54) is 35.2 Å². The second-order valence-electron chi connectivity index (χ2n) is 6.63. The van der Waals surface area contributed by atoms with Gasteiger partial charge in [0.15, 0.2) is 11.6 Å². The summed E-state index contributed by atoms with van der Waals surface area (Å²) in [5, 5.41) is 9.65. The quantitative estimate of drug-likeness (QED) is 0.808. The van der Waals surface area contributed by atoms with Crippen molar-refractivity contribution in [3.63, 3.8) is 0 Å². The van der Waals surface area contributed by atoms with E-state index in [-0.39, 0.29) is 24.5 Å². The smallest absolute Gasteiger partial charge is 0.484 e. The van der Waals surface area contributed by atoms with E-state index in [9.17, 15) is 27.5 Å². The maximum absolute atomic E-state index is 14.1. The molecule has 0 spiro atoms. The number of rotatable bonds is 3. The van der Waals surface area contributed by atoms with Crippen molar-refractivity contribution in [3.05, 3.63) is 59.4 Å². The van der Waals surface area contributed by atoms with Gasteiger partial charge >= 0.3 is 6.36 Å². The lowest BCUT2D eigenvalue weighted by atomic mass is 9.99. The molecule has 1 N–H and O–H groups in total. The molecule has 0 aromatic heterocycles. The minimum Gasteiger partial charge on any atom is -0.484 e. The number of carbonyl (C=O) groups is 1. The van der Waals surface area contributed by atoms with Crippen LogP contribution in [0.1, 0.15) is 22.0 Å². The molecule has 1 amide bonds. The van der Waals surface area contributed by atoms with Crippen LogP contribution in [0.4, 0.5) is 17.6 Å². The van der Waals surface area contributed by atoms with E-state index in [0.29, 0.717) is 5.56 Å². The van der Waals surface area contributed by atoms with Crippen LogP contribution in [0.5, 0.6) is 11.5 Å². The maximum Gasteiger partial charge on any atom is 0.573 e. The Kier molecular flexibility index (Phi) is 4.41. The van der Waals surface area contributed by atoms with Crippen LogP contribution in [0.15, 0.2) is 42.5 Å².